The van der Waals surface area contributed by atoms with Crippen LogP contribution in [0.2, 0.25) is 5.15 Å². The van der Waals surface area contributed by atoms with E-state index in [0.717, 1.165) is 17.2 Å². The van der Waals surface area contributed by atoms with E-state index in [-0.39, 0.29) is 0 Å². The first kappa shape index (κ1) is 14.5. The predicted octanol–water partition coefficient (Wildman–Crippen LogP) is 3.37. The number of nitrogens with zero attached hydrogens (tertiary/aromatic N) is 2. The maximum absolute atomic E-state index is 5.78. The molecule has 2 rings (SSSR count). The Bertz CT molecular complexity index is 415. The summed E-state index contributed by atoms with van der Waals surface area (Å²) in [6, 6.07) is 4.34. The summed E-state index contributed by atoms with van der Waals surface area (Å²) in [5.41, 5.74) is 1.11. The van der Waals surface area contributed by atoms with Gasteiger partial charge in [0.15, 0.2) is 5.11 Å². The van der Waals surface area contributed by atoms with Crippen molar-refractivity contribution in [3.05, 3.63) is 29.0 Å². The molecule has 19 heavy (non-hydrogen) atoms. The normalized spacial score (nSPS) is 16.1. The number of hydrogen-bond acceptors (Lipinski definition) is 2. The van der Waals surface area contributed by atoms with Crippen LogP contribution >= 0.6 is 23.8 Å². The van der Waals surface area contributed by atoms with Crippen molar-refractivity contribution < 1.29 is 0 Å². The van der Waals surface area contributed by atoms with Crippen LogP contribution in [-0.4, -0.2) is 28.1 Å². The molecule has 1 N–H and O–H groups in total. The summed E-state index contributed by atoms with van der Waals surface area (Å²) in [5, 5.41) is 4.80. The van der Waals surface area contributed by atoms with Gasteiger partial charge in [-0.3, -0.25) is 0 Å². The molecule has 1 aliphatic rings. The van der Waals surface area contributed by atoms with Gasteiger partial charge in [0, 0.05) is 25.8 Å². The summed E-state index contributed by atoms with van der Waals surface area (Å²) in [6.45, 7) is 0.753. The lowest BCUT2D eigenvalue weighted by Gasteiger charge is -2.28. The molecule has 1 aliphatic carbocycles. The van der Waals surface area contributed by atoms with Crippen LogP contribution in [0.25, 0.3) is 0 Å². The highest BCUT2D eigenvalue weighted by Gasteiger charge is 2.15. The highest BCUT2D eigenvalue weighted by Crippen LogP contribution is 2.17. The van der Waals surface area contributed by atoms with Crippen molar-refractivity contribution in [3.8, 4) is 0 Å². The summed E-state index contributed by atoms with van der Waals surface area (Å²) in [6.07, 6.45) is 8.24. The van der Waals surface area contributed by atoms with Gasteiger partial charge in [-0.05, 0) is 36.7 Å². The first-order valence-corrected chi connectivity index (χ1v) is 7.56. The lowest BCUT2D eigenvalue weighted by atomic mass is 9.96. The van der Waals surface area contributed by atoms with E-state index >= 15 is 0 Å². The number of thiocarbonyl (C=S) groups is 1. The zero-order valence-electron chi connectivity index (χ0n) is 11.2. The quantitative estimate of drug-likeness (QED) is 0.684. The smallest absolute Gasteiger partial charge is 0.169 e. The Balaban J connectivity index is 1.83. The topological polar surface area (TPSA) is 28.2 Å². The second-order valence-corrected chi connectivity index (χ2v) is 5.90. The molecule has 1 aromatic rings. The van der Waals surface area contributed by atoms with E-state index in [1.165, 1.54) is 32.1 Å². The van der Waals surface area contributed by atoms with Gasteiger partial charge in [-0.25, -0.2) is 4.98 Å². The minimum Gasteiger partial charge on any atom is -0.360 e. The molecular weight excluding hydrogens is 278 g/mol. The first-order chi connectivity index (χ1) is 9.15. The highest BCUT2D eigenvalue weighted by molar-refractivity contribution is 7.80. The lowest BCUT2D eigenvalue weighted by Crippen LogP contribution is -2.43. The average molecular weight is 298 g/mol. The molecule has 0 aliphatic heterocycles. The number of rotatable bonds is 3. The monoisotopic (exact) mass is 297 g/mol. The number of halogens is 1. The number of nitrogens with one attached hydrogen (secondary N) is 1. The molecule has 1 fully saturated rings. The van der Waals surface area contributed by atoms with Gasteiger partial charge in [0.05, 0.1) is 0 Å². The van der Waals surface area contributed by atoms with Crippen molar-refractivity contribution in [2.24, 2.45) is 0 Å². The predicted molar refractivity (Wildman–Crippen MR) is 83.3 cm³/mol. The zero-order valence-corrected chi connectivity index (χ0v) is 12.8. The summed E-state index contributed by atoms with van der Waals surface area (Å²) < 4.78 is 0. The Labute approximate surface area is 125 Å². The van der Waals surface area contributed by atoms with E-state index in [4.69, 9.17) is 23.8 Å². The molecule has 0 atom stereocenters. The van der Waals surface area contributed by atoms with Crippen LogP contribution in [0.15, 0.2) is 18.3 Å². The third-order valence-electron chi connectivity index (χ3n) is 3.49. The third kappa shape index (κ3) is 4.62. The van der Waals surface area contributed by atoms with Gasteiger partial charge < -0.3 is 10.2 Å². The van der Waals surface area contributed by atoms with Gasteiger partial charge in [-0.2, -0.15) is 0 Å². The molecule has 1 aromatic heterocycles. The van der Waals surface area contributed by atoms with Crippen LogP contribution < -0.4 is 5.32 Å². The SMILES string of the molecule is CN(Cc1ccc(Cl)nc1)C(=S)NC1CCCCC1. The molecule has 5 heteroatoms. The molecule has 0 amide bonds. The molecule has 0 radical (unpaired) electrons. The number of pyridine rings is 1. The number of hydrogen-bond donors (Lipinski definition) is 1. The van der Waals surface area contributed by atoms with Crippen LogP contribution in [0.3, 0.4) is 0 Å². The van der Waals surface area contributed by atoms with Gasteiger partial charge in [0.2, 0.25) is 0 Å². The second kappa shape index (κ2) is 7.06. The fourth-order valence-electron chi connectivity index (χ4n) is 2.38. The second-order valence-electron chi connectivity index (χ2n) is 5.13. The standard InChI is InChI=1S/C14H20ClN3S/c1-18(10-11-7-8-13(15)16-9-11)14(19)17-12-5-3-2-4-6-12/h7-9,12H,2-6,10H2,1H3,(H,17,19). The van der Waals surface area contributed by atoms with E-state index in [1.807, 2.05) is 19.2 Å². The van der Waals surface area contributed by atoms with Gasteiger partial charge >= 0.3 is 0 Å². The Morgan fingerprint density at radius 1 is 1.42 bits per heavy atom. The maximum Gasteiger partial charge on any atom is 0.169 e. The summed E-state index contributed by atoms with van der Waals surface area (Å²) in [7, 11) is 2.01. The van der Waals surface area contributed by atoms with Crippen molar-refractivity contribution in [1.29, 1.82) is 0 Å². The summed E-state index contributed by atoms with van der Waals surface area (Å²) in [4.78, 5) is 6.13. The Hall–Kier alpha value is -0.870. The van der Waals surface area contributed by atoms with Crippen molar-refractivity contribution in [2.45, 2.75) is 44.7 Å². The first-order valence-electron chi connectivity index (χ1n) is 6.77. The molecule has 0 aromatic carbocycles. The van der Waals surface area contributed by atoms with Crippen LogP contribution in [0, 0.1) is 0 Å². The minimum atomic E-state index is 0.523. The Kier molecular flexibility index (Phi) is 5.40. The molecule has 104 valence electrons. The largest absolute Gasteiger partial charge is 0.360 e. The average Bonchev–Trinajstić information content (AvgIpc) is 2.42. The fourth-order valence-corrected chi connectivity index (χ4v) is 2.72. The van der Waals surface area contributed by atoms with E-state index < -0.39 is 0 Å². The molecule has 1 saturated carbocycles. The van der Waals surface area contributed by atoms with Crippen LogP contribution in [-0.2, 0) is 6.54 Å². The van der Waals surface area contributed by atoms with E-state index in [9.17, 15) is 0 Å². The van der Waals surface area contributed by atoms with E-state index in [0.29, 0.717) is 11.2 Å². The molecule has 1 heterocycles. The molecule has 0 saturated heterocycles. The van der Waals surface area contributed by atoms with Gasteiger partial charge in [-0.15, -0.1) is 0 Å². The zero-order chi connectivity index (χ0) is 13.7. The number of aromatic nitrogens is 1. The van der Waals surface area contributed by atoms with Crippen LogP contribution in [0.5, 0.6) is 0 Å². The highest BCUT2D eigenvalue weighted by atomic mass is 35.5. The fraction of sp³-hybridized carbons (Fsp3) is 0.571. The van der Waals surface area contributed by atoms with Gasteiger partial charge in [0.1, 0.15) is 5.15 Å². The van der Waals surface area contributed by atoms with Crippen molar-refractivity contribution in [3.63, 3.8) is 0 Å². The van der Waals surface area contributed by atoms with Crippen LogP contribution in [0.1, 0.15) is 37.7 Å². The molecular formula is C14H20ClN3S. The maximum atomic E-state index is 5.78. The molecule has 3 nitrogen and oxygen atoms in total. The van der Waals surface area contributed by atoms with Crippen molar-refractivity contribution >= 4 is 28.9 Å². The van der Waals surface area contributed by atoms with Crippen LogP contribution in [0.4, 0.5) is 0 Å². The van der Waals surface area contributed by atoms with Crippen molar-refractivity contribution in [2.75, 3.05) is 7.05 Å². The summed E-state index contributed by atoms with van der Waals surface area (Å²) in [5.74, 6) is 0. The third-order valence-corrected chi connectivity index (χ3v) is 4.14. The Morgan fingerprint density at radius 2 is 2.16 bits per heavy atom. The van der Waals surface area contributed by atoms with E-state index in [1.54, 1.807) is 6.20 Å². The van der Waals surface area contributed by atoms with E-state index in [2.05, 4.69) is 15.2 Å². The molecule has 0 bridgehead atoms. The van der Waals surface area contributed by atoms with Crippen molar-refractivity contribution in [1.82, 2.24) is 15.2 Å². The molecule has 0 spiro atoms. The lowest BCUT2D eigenvalue weighted by molar-refractivity contribution is 0.392. The summed E-state index contributed by atoms with van der Waals surface area (Å²) >= 11 is 11.2. The Morgan fingerprint density at radius 3 is 2.79 bits per heavy atom. The van der Waals surface area contributed by atoms with Gasteiger partial charge in [0.25, 0.3) is 0 Å². The minimum absolute atomic E-state index is 0.523. The molecule has 0 unspecified atom stereocenters. The van der Waals surface area contributed by atoms with Gasteiger partial charge in [-0.1, -0.05) is 36.9 Å².